The first-order valence-electron chi connectivity index (χ1n) is 11.2. The molecule has 2 fully saturated rings. The predicted molar refractivity (Wildman–Crippen MR) is 121 cm³/mol. The standard InChI is InChI=1S/C26H28N4O/c27-19-25(21-7-3-1-4-8-21)13-11-22(12-14-25)29-17-15-26(16-18-29)24(31)28-20-30(26)23-9-5-2-6-10-23/h1-11H,12-18,20H2,(H,28,31). The maximum Gasteiger partial charge on any atom is 0.247 e. The number of anilines is 1. The van der Waals surface area contributed by atoms with Crippen LogP contribution in [0.2, 0.25) is 0 Å². The molecule has 2 aromatic carbocycles. The number of hydrogen-bond donors (Lipinski definition) is 1. The van der Waals surface area contributed by atoms with Gasteiger partial charge in [0.1, 0.15) is 5.54 Å². The smallest absolute Gasteiger partial charge is 0.247 e. The molecule has 5 rings (SSSR count). The molecule has 2 saturated heterocycles. The average molecular weight is 413 g/mol. The number of carbonyl (C=O) groups excluding carboxylic acids is 1. The highest BCUT2D eigenvalue weighted by molar-refractivity contribution is 5.93. The summed E-state index contributed by atoms with van der Waals surface area (Å²) >= 11 is 0. The van der Waals surface area contributed by atoms with Gasteiger partial charge in [-0.05, 0) is 49.8 Å². The van der Waals surface area contributed by atoms with E-state index < -0.39 is 11.0 Å². The quantitative estimate of drug-likeness (QED) is 0.830. The molecule has 1 atom stereocenters. The van der Waals surface area contributed by atoms with Gasteiger partial charge in [-0.15, -0.1) is 0 Å². The monoisotopic (exact) mass is 412 g/mol. The molecule has 1 amide bonds. The van der Waals surface area contributed by atoms with Crippen molar-refractivity contribution in [3.8, 4) is 6.07 Å². The van der Waals surface area contributed by atoms with Gasteiger partial charge < -0.3 is 15.1 Å². The molecule has 0 saturated carbocycles. The molecule has 2 aromatic rings. The fourth-order valence-corrected chi connectivity index (χ4v) is 5.51. The number of rotatable bonds is 3. The van der Waals surface area contributed by atoms with Crippen LogP contribution in [0.1, 0.15) is 37.7 Å². The summed E-state index contributed by atoms with van der Waals surface area (Å²) in [5.41, 5.74) is 2.69. The van der Waals surface area contributed by atoms with Crippen LogP contribution in [0.3, 0.4) is 0 Å². The van der Waals surface area contributed by atoms with Gasteiger partial charge in [-0.2, -0.15) is 5.26 Å². The molecule has 3 aliphatic rings. The molecule has 5 nitrogen and oxygen atoms in total. The fourth-order valence-electron chi connectivity index (χ4n) is 5.51. The Kier molecular flexibility index (Phi) is 4.94. The van der Waals surface area contributed by atoms with E-state index in [1.807, 2.05) is 36.4 Å². The van der Waals surface area contributed by atoms with Crippen molar-refractivity contribution >= 4 is 11.6 Å². The van der Waals surface area contributed by atoms with Crippen LogP contribution in [-0.2, 0) is 10.2 Å². The molecule has 1 N–H and O–H groups in total. The van der Waals surface area contributed by atoms with Gasteiger partial charge >= 0.3 is 0 Å². The molecule has 158 valence electrons. The van der Waals surface area contributed by atoms with Crippen molar-refractivity contribution in [1.29, 1.82) is 5.26 Å². The van der Waals surface area contributed by atoms with Gasteiger partial charge in [0.05, 0.1) is 18.2 Å². The Morgan fingerprint density at radius 2 is 1.61 bits per heavy atom. The van der Waals surface area contributed by atoms with Crippen LogP contribution in [0.5, 0.6) is 0 Å². The Bertz CT molecular complexity index is 1020. The van der Waals surface area contributed by atoms with E-state index in [9.17, 15) is 10.1 Å². The zero-order valence-corrected chi connectivity index (χ0v) is 17.8. The second-order valence-corrected chi connectivity index (χ2v) is 8.91. The second kappa shape index (κ2) is 7.77. The number of allylic oxidation sites excluding steroid dienone is 2. The van der Waals surface area contributed by atoms with E-state index in [2.05, 4.69) is 51.5 Å². The van der Waals surface area contributed by atoms with Crippen LogP contribution < -0.4 is 10.2 Å². The topological polar surface area (TPSA) is 59.4 Å². The normalized spacial score (nSPS) is 25.1. The van der Waals surface area contributed by atoms with Crippen LogP contribution in [0, 0.1) is 11.3 Å². The van der Waals surface area contributed by atoms with Crippen LogP contribution >= 0.6 is 0 Å². The predicted octanol–water partition coefficient (Wildman–Crippen LogP) is 3.94. The number of para-hydroxylation sites is 1. The summed E-state index contributed by atoms with van der Waals surface area (Å²) in [5, 5.41) is 13.0. The number of carbonyl (C=O) groups is 1. The van der Waals surface area contributed by atoms with E-state index in [1.54, 1.807) is 0 Å². The maximum atomic E-state index is 12.9. The third-order valence-corrected chi connectivity index (χ3v) is 7.44. The fraction of sp³-hybridized carbons (Fsp3) is 0.385. The van der Waals surface area contributed by atoms with E-state index in [0.717, 1.165) is 56.4 Å². The van der Waals surface area contributed by atoms with Crippen molar-refractivity contribution in [2.75, 3.05) is 24.7 Å². The van der Waals surface area contributed by atoms with Gasteiger partial charge in [-0.1, -0.05) is 54.6 Å². The van der Waals surface area contributed by atoms with Crippen LogP contribution in [0.25, 0.3) is 0 Å². The summed E-state index contributed by atoms with van der Waals surface area (Å²) in [6, 6.07) is 23.0. The summed E-state index contributed by atoms with van der Waals surface area (Å²) < 4.78 is 0. The summed E-state index contributed by atoms with van der Waals surface area (Å²) in [7, 11) is 0. The largest absolute Gasteiger partial charge is 0.375 e. The van der Waals surface area contributed by atoms with E-state index in [0.29, 0.717) is 6.67 Å². The van der Waals surface area contributed by atoms with E-state index in [4.69, 9.17) is 0 Å². The van der Waals surface area contributed by atoms with Crippen molar-refractivity contribution < 1.29 is 4.79 Å². The number of piperidine rings is 1. The lowest BCUT2D eigenvalue weighted by molar-refractivity contribution is -0.125. The summed E-state index contributed by atoms with van der Waals surface area (Å²) in [6.45, 7) is 2.31. The average Bonchev–Trinajstić information content (AvgIpc) is 3.16. The number of benzene rings is 2. The zero-order valence-electron chi connectivity index (χ0n) is 17.8. The molecule has 0 bridgehead atoms. The van der Waals surface area contributed by atoms with Gasteiger partial charge in [0, 0.05) is 24.5 Å². The molecule has 1 unspecified atom stereocenters. The molecule has 5 heteroatoms. The minimum Gasteiger partial charge on any atom is -0.375 e. The SMILES string of the molecule is N#CC1(c2ccccc2)CC=C(N2CCC3(CC2)C(=O)NCN3c2ccccc2)CC1. The second-order valence-electron chi connectivity index (χ2n) is 8.91. The van der Waals surface area contributed by atoms with Gasteiger partial charge in [0.25, 0.3) is 0 Å². The molecular formula is C26H28N4O. The lowest BCUT2D eigenvalue weighted by atomic mass is 9.72. The van der Waals surface area contributed by atoms with Crippen molar-refractivity contribution in [3.63, 3.8) is 0 Å². The minimum atomic E-state index is -0.451. The Hall–Kier alpha value is -3.26. The van der Waals surface area contributed by atoms with Gasteiger partial charge in [-0.25, -0.2) is 0 Å². The minimum absolute atomic E-state index is 0.154. The number of amides is 1. The number of hydrogen-bond acceptors (Lipinski definition) is 4. The van der Waals surface area contributed by atoms with Crippen molar-refractivity contribution in [3.05, 3.63) is 78.0 Å². The van der Waals surface area contributed by atoms with Crippen LogP contribution in [0.15, 0.2) is 72.4 Å². The first-order valence-corrected chi connectivity index (χ1v) is 11.2. The summed E-state index contributed by atoms with van der Waals surface area (Å²) in [5.74, 6) is 0.154. The number of likely N-dealkylation sites (tertiary alicyclic amines) is 1. The Morgan fingerprint density at radius 3 is 2.23 bits per heavy atom. The van der Waals surface area contributed by atoms with E-state index in [1.165, 1.54) is 5.70 Å². The number of nitriles is 1. The van der Waals surface area contributed by atoms with E-state index in [-0.39, 0.29) is 5.91 Å². The lowest BCUT2D eigenvalue weighted by Crippen LogP contribution is -2.56. The lowest BCUT2D eigenvalue weighted by Gasteiger charge is -2.45. The van der Waals surface area contributed by atoms with Crippen molar-refractivity contribution in [2.45, 2.75) is 43.1 Å². The highest BCUT2D eigenvalue weighted by Crippen LogP contribution is 2.41. The van der Waals surface area contributed by atoms with Crippen molar-refractivity contribution in [2.24, 2.45) is 0 Å². The molecule has 31 heavy (non-hydrogen) atoms. The molecule has 2 heterocycles. The highest BCUT2D eigenvalue weighted by Gasteiger charge is 2.50. The molecule has 0 radical (unpaired) electrons. The molecule has 1 aliphatic carbocycles. The molecular weight excluding hydrogens is 384 g/mol. The summed E-state index contributed by atoms with van der Waals surface area (Å²) in [4.78, 5) is 17.6. The van der Waals surface area contributed by atoms with Crippen molar-refractivity contribution in [1.82, 2.24) is 10.2 Å². The Balaban J connectivity index is 1.31. The van der Waals surface area contributed by atoms with Crippen LogP contribution in [-0.4, -0.2) is 36.1 Å². The Labute approximate surface area is 184 Å². The van der Waals surface area contributed by atoms with Gasteiger partial charge in [0.15, 0.2) is 0 Å². The maximum absolute atomic E-state index is 12.9. The molecule has 0 aromatic heterocycles. The highest BCUT2D eigenvalue weighted by atomic mass is 16.2. The molecule has 2 aliphatic heterocycles. The van der Waals surface area contributed by atoms with E-state index >= 15 is 0 Å². The molecule has 1 spiro atoms. The first kappa shape index (κ1) is 19.7. The third-order valence-electron chi connectivity index (χ3n) is 7.44. The zero-order chi connectivity index (χ0) is 21.3. The van der Waals surface area contributed by atoms with Gasteiger partial charge in [0.2, 0.25) is 5.91 Å². The summed E-state index contributed by atoms with van der Waals surface area (Å²) in [6.07, 6.45) is 6.39. The Morgan fingerprint density at radius 1 is 0.935 bits per heavy atom. The van der Waals surface area contributed by atoms with Crippen LogP contribution in [0.4, 0.5) is 5.69 Å². The third kappa shape index (κ3) is 3.27. The number of nitrogens with zero attached hydrogens (tertiary/aromatic N) is 3. The number of nitrogens with one attached hydrogen (secondary N) is 1. The first-order chi connectivity index (χ1) is 15.2. The van der Waals surface area contributed by atoms with Gasteiger partial charge in [-0.3, -0.25) is 4.79 Å².